The molecule has 5 rings (SSSR count). The zero-order valence-electron chi connectivity index (χ0n) is 18.0. The fraction of sp³-hybridized carbons (Fsp3) is 0.0870. The largest absolute Gasteiger partial charge is 0.323 e. The molecule has 10 nitrogen and oxygen atoms in total. The van der Waals surface area contributed by atoms with Gasteiger partial charge in [-0.3, -0.25) is 14.8 Å². The smallest absolute Gasteiger partial charge is 0.310 e. The van der Waals surface area contributed by atoms with Gasteiger partial charge in [-0.05, 0) is 49.4 Å². The number of anilines is 2. The number of carbonyl (C=O) groups is 1. The second kappa shape index (κ2) is 8.19. The van der Waals surface area contributed by atoms with Crippen LogP contribution >= 0.6 is 0 Å². The SMILES string of the molecule is CCn1c(NC(=O)c2ccccc2NS(=O)(=O)c2ccc3[nH]c(=O)[nH]c3c2)nc2ccccc21. The van der Waals surface area contributed by atoms with E-state index in [9.17, 15) is 18.0 Å². The Kier molecular flexibility index (Phi) is 5.17. The minimum atomic E-state index is -4.04. The van der Waals surface area contributed by atoms with Gasteiger partial charge in [0.25, 0.3) is 15.9 Å². The van der Waals surface area contributed by atoms with Crippen LogP contribution in [0.4, 0.5) is 11.6 Å². The Morgan fingerprint density at radius 3 is 2.56 bits per heavy atom. The summed E-state index contributed by atoms with van der Waals surface area (Å²) in [6.07, 6.45) is 0. The number of rotatable bonds is 6. The number of aryl methyl sites for hydroxylation is 1. The van der Waals surface area contributed by atoms with Crippen molar-refractivity contribution in [1.29, 1.82) is 0 Å². The number of aromatic amines is 2. The number of nitrogens with one attached hydrogen (secondary N) is 4. The van der Waals surface area contributed by atoms with Crippen molar-refractivity contribution in [3.8, 4) is 0 Å². The molecule has 0 aliphatic rings. The van der Waals surface area contributed by atoms with E-state index in [1.165, 1.54) is 30.3 Å². The average molecular weight is 477 g/mol. The summed E-state index contributed by atoms with van der Waals surface area (Å²) >= 11 is 0. The maximum Gasteiger partial charge on any atom is 0.323 e. The lowest BCUT2D eigenvalue weighted by atomic mass is 10.2. The van der Waals surface area contributed by atoms with E-state index in [-0.39, 0.29) is 16.1 Å². The molecule has 0 atom stereocenters. The van der Waals surface area contributed by atoms with Crippen molar-refractivity contribution in [2.24, 2.45) is 0 Å². The molecule has 0 radical (unpaired) electrons. The Hall–Kier alpha value is -4.38. The quantitative estimate of drug-likeness (QED) is 0.298. The number of sulfonamides is 1. The van der Waals surface area contributed by atoms with Crippen LogP contribution in [0.3, 0.4) is 0 Å². The highest BCUT2D eigenvalue weighted by molar-refractivity contribution is 7.92. The summed E-state index contributed by atoms with van der Waals surface area (Å²) in [5.74, 6) is -0.137. The molecule has 34 heavy (non-hydrogen) atoms. The molecule has 172 valence electrons. The van der Waals surface area contributed by atoms with Gasteiger partial charge >= 0.3 is 5.69 Å². The van der Waals surface area contributed by atoms with Gasteiger partial charge in [0, 0.05) is 6.54 Å². The van der Waals surface area contributed by atoms with E-state index >= 15 is 0 Å². The first kappa shape index (κ1) is 21.5. The molecule has 0 fully saturated rings. The van der Waals surface area contributed by atoms with Crippen molar-refractivity contribution in [3.05, 3.63) is 82.8 Å². The molecule has 0 unspecified atom stereocenters. The van der Waals surface area contributed by atoms with Crippen LogP contribution in [0.5, 0.6) is 0 Å². The van der Waals surface area contributed by atoms with Crippen molar-refractivity contribution >= 4 is 49.6 Å². The second-order valence-corrected chi connectivity index (χ2v) is 9.24. The number of aromatic nitrogens is 4. The fourth-order valence-electron chi connectivity index (χ4n) is 3.81. The number of nitrogens with zero attached hydrogens (tertiary/aromatic N) is 2. The average Bonchev–Trinajstić information content (AvgIpc) is 3.36. The predicted octanol–water partition coefficient (Wildman–Crippen LogP) is 3.28. The summed E-state index contributed by atoms with van der Waals surface area (Å²) in [7, 11) is -4.04. The Balaban J connectivity index is 1.46. The number of carbonyl (C=O) groups excluding carboxylic acids is 1. The number of amides is 1. The molecule has 2 aromatic heterocycles. The van der Waals surface area contributed by atoms with E-state index in [2.05, 4.69) is 25.0 Å². The summed E-state index contributed by atoms with van der Waals surface area (Å²) in [6.45, 7) is 2.54. The number of benzene rings is 3. The van der Waals surface area contributed by atoms with E-state index in [1.807, 2.05) is 35.8 Å². The van der Waals surface area contributed by atoms with Crippen LogP contribution in [0, 0.1) is 0 Å². The molecule has 4 N–H and O–H groups in total. The Bertz CT molecular complexity index is 1710. The minimum absolute atomic E-state index is 0.0572. The number of imidazole rings is 2. The number of hydrogen-bond donors (Lipinski definition) is 4. The van der Waals surface area contributed by atoms with Gasteiger partial charge in [-0.25, -0.2) is 18.2 Å². The van der Waals surface area contributed by atoms with E-state index < -0.39 is 21.6 Å². The second-order valence-electron chi connectivity index (χ2n) is 7.56. The van der Waals surface area contributed by atoms with Crippen molar-refractivity contribution in [1.82, 2.24) is 19.5 Å². The third-order valence-corrected chi connectivity index (χ3v) is 6.77. The Labute approximate surface area is 193 Å². The van der Waals surface area contributed by atoms with E-state index in [1.54, 1.807) is 12.1 Å². The van der Waals surface area contributed by atoms with Gasteiger partial charge in [0.2, 0.25) is 5.95 Å². The number of hydrogen-bond acceptors (Lipinski definition) is 5. The van der Waals surface area contributed by atoms with Crippen molar-refractivity contribution in [2.45, 2.75) is 18.4 Å². The maximum absolute atomic E-state index is 13.1. The molecule has 3 aromatic carbocycles. The summed E-state index contributed by atoms with van der Waals surface area (Å²) in [5.41, 5.74) is 2.29. The fourth-order valence-corrected chi connectivity index (χ4v) is 4.92. The molecule has 0 spiro atoms. The normalized spacial score (nSPS) is 11.7. The van der Waals surface area contributed by atoms with Gasteiger partial charge in [-0.2, -0.15) is 0 Å². The lowest BCUT2D eigenvalue weighted by Crippen LogP contribution is -2.20. The first-order valence-electron chi connectivity index (χ1n) is 10.5. The van der Waals surface area contributed by atoms with E-state index in [0.29, 0.717) is 23.5 Å². The summed E-state index contributed by atoms with van der Waals surface area (Å²) < 4.78 is 30.4. The molecule has 0 saturated carbocycles. The summed E-state index contributed by atoms with van der Waals surface area (Å²) in [4.78, 5) is 34.2. The zero-order valence-corrected chi connectivity index (χ0v) is 18.8. The lowest BCUT2D eigenvalue weighted by molar-refractivity contribution is 0.102. The standard InChI is InChI=1S/C23H20N6O4S/c1-2-29-20-10-6-5-9-18(20)24-22(29)27-21(30)15-7-3-4-8-16(15)28-34(32,33)14-11-12-17-19(13-14)26-23(31)25-17/h3-13,28H,2H2,1H3,(H,24,27,30)(H2,25,26,31). The molecular formula is C23H20N6O4S. The first-order valence-corrected chi connectivity index (χ1v) is 11.9. The van der Waals surface area contributed by atoms with Gasteiger partial charge < -0.3 is 14.5 Å². The van der Waals surface area contributed by atoms with Gasteiger partial charge in [0.05, 0.1) is 38.2 Å². The van der Waals surface area contributed by atoms with Crippen LogP contribution in [-0.2, 0) is 16.6 Å². The van der Waals surface area contributed by atoms with E-state index in [0.717, 1.165) is 11.0 Å². The molecule has 1 amide bonds. The summed E-state index contributed by atoms with van der Waals surface area (Å²) in [5, 5.41) is 2.79. The molecule has 0 saturated heterocycles. The lowest BCUT2D eigenvalue weighted by Gasteiger charge is -2.13. The molecule has 0 bridgehead atoms. The predicted molar refractivity (Wildman–Crippen MR) is 130 cm³/mol. The van der Waals surface area contributed by atoms with Crippen molar-refractivity contribution < 1.29 is 13.2 Å². The minimum Gasteiger partial charge on any atom is -0.310 e. The van der Waals surface area contributed by atoms with Gasteiger partial charge in [0.1, 0.15) is 0 Å². The van der Waals surface area contributed by atoms with Crippen LogP contribution in [0.2, 0.25) is 0 Å². The summed E-state index contributed by atoms with van der Waals surface area (Å²) in [6, 6.07) is 18.1. The van der Waals surface area contributed by atoms with Crippen molar-refractivity contribution in [3.63, 3.8) is 0 Å². The molecule has 5 aromatic rings. The monoisotopic (exact) mass is 476 g/mol. The first-order chi connectivity index (χ1) is 16.4. The molecule has 11 heteroatoms. The van der Waals surface area contributed by atoms with Gasteiger partial charge in [-0.15, -0.1) is 0 Å². The third-order valence-electron chi connectivity index (χ3n) is 5.41. The maximum atomic E-state index is 13.1. The molecule has 2 heterocycles. The van der Waals surface area contributed by atoms with Crippen LogP contribution in [0.15, 0.2) is 76.4 Å². The molecule has 0 aliphatic heterocycles. The Morgan fingerprint density at radius 1 is 1.00 bits per heavy atom. The van der Waals surface area contributed by atoms with Crippen LogP contribution in [0.25, 0.3) is 22.1 Å². The highest BCUT2D eigenvalue weighted by atomic mass is 32.2. The van der Waals surface area contributed by atoms with Crippen molar-refractivity contribution in [2.75, 3.05) is 10.0 Å². The van der Waals surface area contributed by atoms with Crippen LogP contribution in [0.1, 0.15) is 17.3 Å². The Morgan fingerprint density at radius 2 is 1.74 bits per heavy atom. The number of fused-ring (bicyclic) bond motifs is 2. The molecular weight excluding hydrogens is 456 g/mol. The van der Waals surface area contributed by atoms with Gasteiger partial charge in [-0.1, -0.05) is 24.3 Å². The zero-order chi connectivity index (χ0) is 23.9. The van der Waals surface area contributed by atoms with Crippen LogP contribution in [-0.4, -0.2) is 33.8 Å². The number of H-pyrrole nitrogens is 2. The van der Waals surface area contributed by atoms with E-state index in [4.69, 9.17) is 0 Å². The van der Waals surface area contributed by atoms with Gasteiger partial charge in [0.15, 0.2) is 0 Å². The highest BCUT2D eigenvalue weighted by Crippen LogP contribution is 2.24. The van der Waals surface area contributed by atoms with Crippen LogP contribution < -0.4 is 15.7 Å². The highest BCUT2D eigenvalue weighted by Gasteiger charge is 2.21. The molecule has 0 aliphatic carbocycles. The third kappa shape index (κ3) is 3.82. The number of para-hydroxylation sites is 3. The topological polar surface area (TPSA) is 142 Å².